The zero-order valence-electron chi connectivity index (χ0n) is 20.7. The van der Waals surface area contributed by atoms with Gasteiger partial charge in [-0.3, -0.25) is 9.59 Å². The molecule has 2 aromatic carbocycles. The highest BCUT2D eigenvalue weighted by Crippen LogP contribution is 2.23. The fraction of sp³-hybridized carbons (Fsp3) is 0.423. The number of carboxylic acids is 1. The molecule has 9 heteroatoms. The molecule has 0 aliphatic carbocycles. The van der Waals surface area contributed by atoms with Crippen LogP contribution < -0.4 is 21.1 Å². The van der Waals surface area contributed by atoms with Crippen molar-refractivity contribution in [3.63, 3.8) is 0 Å². The number of aryl methyl sites for hydroxylation is 2. The monoisotopic (exact) mass is 485 g/mol. The van der Waals surface area contributed by atoms with Crippen molar-refractivity contribution in [1.82, 2.24) is 10.6 Å². The Morgan fingerprint density at radius 2 is 1.66 bits per heavy atom. The van der Waals surface area contributed by atoms with Crippen molar-refractivity contribution < 1.29 is 29.0 Å². The first kappa shape index (κ1) is 27.8. The highest BCUT2D eigenvalue weighted by atomic mass is 16.7. The van der Waals surface area contributed by atoms with Crippen LogP contribution >= 0.6 is 0 Å². The predicted octanol–water partition coefficient (Wildman–Crippen LogP) is 1.72. The fourth-order valence-electron chi connectivity index (χ4n) is 3.64. The van der Waals surface area contributed by atoms with E-state index in [0.717, 1.165) is 22.3 Å². The second-order valence-corrected chi connectivity index (χ2v) is 8.63. The number of nitrogens with two attached hydrogens (primary N) is 1. The standard InChI is InChI=1S/C26H35N3O6/c1-16-10-20(35-15-34-4)11-17(2)21(16)13-22(27)25(31)28-14-18(3)24(30)29-23(26(32)33)12-19-8-6-5-7-9-19/h5-11,18,22-23H,12-15,27H2,1-4H3,(H,28,31)(H,29,30)(H,32,33)/t18-,22-,23+/m1/s1. The number of amides is 2. The summed E-state index contributed by atoms with van der Waals surface area (Å²) < 4.78 is 10.4. The number of ether oxygens (including phenoxy) is 2. The normalized spacial score (nSPS) is 13.4. The largest absolute Gasteiger partial charge is 0.480 e. The molecule has 0 unspecified atom stereocenters. The van der Waals surface area contributed by atoms with E-state index in [0.29, 0.717) is 12.2 Å². The molecule has 0 bridgehead atoms. The Morgan fingerprint density at radius 1 is 1.03 bits per heavy atom. The molecule has 5 N–H and O–H groups in total. The van der Waals surface area contributed by atoms with Gasteiger partial charge in [0.2, 0.25) is 11.8 Å². The lowest BCUT2D eigenvalue weighted by atomic mass is 9.96. The lowest BCUT2D eigenvalue weighted by molar-refractivity contribution is -0.142. The minimum Gasteiger partial charge on any atom is -0.480 e. The van der Waals surface area contributed by atoms with E-state index < -0.39 is 29.9 Å². The quantitative estimate of drug-likeness (QED) is 0.317. The first-order valence-corrected chi connectivity index (χ1v) is 11.4. The van der Waals surface area contributed by atoms with Crippen molar-refractivity contribution in [3.8, 4) is 5.75 Å². The van der Waals surface area contributed by atoms with Crippen LogP contribution in [0.25, 0.3) is 0 Å². The number of carbonyl (C=O) groups is 3. The third-order valence-corrected chi connectivity index (χ3v) is 5.70. The van der Waals surface area contributed by atoms with E-state index in [1.807, 2.05) is 44.2 Å². The number of benzene rings is 2. The molecular weight excluding hydrogens is 450 g/mol. The van der Waals surface area contributed by atoms with Crippen LogP contribution in [-0.2, 0) is 32.0 Å². The zero-order valence-corrected chi connectivity index (χ0v) is 20.7. The summed E-state index contributed by atoms with van der Waals surface area (Å²) in [5.74, 6) is -1.92. The summed E-state index contributed by atoms with van der Waals surface area (Å²) in [5, 5.41) is 14.7. The van der Waals surface area contributed by atoms with Crippen LogP contribution in [-0.4, -0.2) is 55.4 Å². The maximum Gasteiger partial charge on any atom is 0.326 e. The molecule has 2 aromatic rings. The first-order valence-electron chi connectivity index (χ1n) is 11.4. The summed E-state index contributed by atoms with van der Waals surface area (Å²) in [4.78, 5) is 36.7. The summed E-state index contributed by atoms with van der Waals surface area (Å²) in [5.41, 5.74) is 9.79. The first-order chi connectivity index (χ1) is 16.6. The molecular formula is C26H35N3O6. The lowest BCUT2D eigenvalue weighted by Gasteiger charge is -2.20. The number of hydrogen-bond donors (Lipinski definition) is 4. The summed E-state index contributed by atoms with van der Waals surface area (Å²) in [6, 6.07) is 10.9. The minimum atomic E-state index is -1.12. The third-order valence-electron chi connectivity index (χ3n) is 5.70. The van der Waals surface area contributed by atoms with Crippen LogP contribution in [0.5, 0.6) is 5.75 Å². The number of aliphatic carboxylic acids is 1. The van der Waals surface area contributed by atoms with Gasteiger partial charge in [0.25, 0.3) is 0 Å². The average Bonchev–Trinajstić information content (AvgIpc) is 2.83. The van der Waals surface area contributed by atoms with Gasteiger partial charge >= 0.3 is 5.97 Å². The van der Waals surface area contributed by atoms with Crippen LogP contribution in [0.1, 0.15) is 29.2 Å². The second-order valence-electron chi connectivity index (χ2n) is 8.63. The van der Waals surface area contributed by atoms with Gasteiger partial charge in [0, 0.05) is 20.1 Å². The number of carboxylic acid groups (broad SMARTS) is 1. The Morgan fingerprint density at radius 3 is 2.23 bits per heavy atom. The topological polar surface area (TPSA) is 140 Å². The summed E-state index contributed by atoms with van der Waals surface area (Å²) >= 11 is 0. The van der Waals surface area contributed by atoms with Gasteiger partial charge in [-0.25, -0.2) is 4.79 Å². The van der Waals surface area contributed by atoms with Crippen molar-refractivity contribution in [2.24, 2.45) is 11.7 Å². The molecule has 0 aromatic heterocycles. The molecule has 35 heavy (non-hydrogen) atoms. The number of nitrogens with one attached hydrogen (secondary N) is 2. The van der Waals surface area contributed by atoms with Gasteiger partial charge in [-0.2, -0.15) is 0 Å². The van der Waals surface area contributed by atoms with Gasteiger partial charge in [0.05, 0.1) is 12.0 Å². The Bertz CT molecular complexity index is 988. The zero-order chi connectivity index (χ0) is 26.0. The van der Waals surface area contributed by atoms with Crippen molar-refractivity contribution >= 4 is 17.8 Å². The molecule has 2 rings (SSSR count). The van der Waals surface area contributed by atoms with Crippen LogP contribution in [0.2, 0.25) is 0 Å². The molecule has 0 radical (unpaired) electrons. The van der Waals surface area contributed by atoms with Crippen molar-refractivity contribution in [1.29, 1.82) is 0 Å². The molecule has 2 amide bonds. The second kappa shape index (κ2) is 13.5. The summed E-state index contributed by atoms with van der Waals surface area (Å²) in [6.07, 6.45) is 0.493. The van der Waals surface area contributed by atoms with Gasteiger partial charge < -0.3 is 30.9 Å². The molecule has 3 atom stereocenters. The van der Waals surface area contributed by atoms with E-state index >= 15 is 0 Å². The summed E-state index contributed by atoms with van der Waals surface area (Å²) in [7, 11) is 1.55. The molecule has 0 aliphatic heterocycles. The lowest BCUT2D eigenvalue weighted by Crippen LogP contribution is -2.48. The highest BCUT2D eigenvalue weighted by Gasteiger charge is 2.24. The Balaban J connectivity index is 1.89. The molecule has 0 spiro atoms. The van der Waals surface area contributed by atoms with Crippen LogP contribution in [0.15, 0.2) is 42.5 Å². The van der Waals surface area contributed by atoms with Crippen LogP contribution in [0.3, 0.4) is 0 Å². The number of rotatable bonds is 13. The van der Waals surface area contributed by atoms with Gasteiger partial charge in [-0.1, -0.05) is 37.3 Å². The molecule has 0 saturated heterocycles. The van der Waals surface area contributed by atoms with Crippen molar-refractivity contribution in [2.75, 3.05) is 20.4 Å². The molecule has 9 nitrogen and oxygen atoms in total. The van der Waals surface area contributed by atoms with Gasteiger partial charge in [-0.15, -0.1) is 0 Å². The van der Waals surface area contributed by atoms with Gasteiger partial charge in [-0.05, 0) is 54.7 Å². The Kier molecular flexibility index (Phi) is 10.7. The van der Waals surface area contributed by atoms with Gasteiger partial charge in [0.1, 0.15) is 11.8 Å². The number of methoxy groups -OCH3 is 1. The van der Waals surface area contributed by atoms with E-state index in [1.165, 1.54) is 0 Å². The molecule has 0 aliphatic rings. The van der Waals surface area contributed by atoms with Crippen molar-refractivity contribution in [3.05, 3.63) is 64.7 Å². The van der Waals surface area contributed by atoms with E-state index in [2.05, 4.69) is 10.6 Å². The molecule has 0 saturated carbocycles. The Hall–Kier alpha value is -3.43. The third kappa shape index (κ3) is 8.70. The highest BCUT2D eigenvalue weighted by molar-refractivity contribution is 5.86. The van der Waals surface area contributed by atoms with Crippen LogP contribution in [0.4, 0.5) is 0 Å². The Labute approximate surface area is 206 Å². The van der Waals surface area contributed by atoms with Gasteiger partial charge in [0.15, 0.2) is 6.79 Å². The van der Waals surface area contributed by atoms with E-state index in [4.69, 9.17) is 15.2 Å². The smallest absolute Gasteiger partial charge is 0.326 e. The molecule has 0 fully saturated rings. The molecule has 0 heterocycles. The number of hydrogen-bond acceptors (Lipinski definition) is 6. The number of carbonyl (C=O) groups excluding carboxylic acids is 2. The SMILES string of the molecule is COCOc1cc(C)c(C[C@@H](N)C(=O)NC[C@@H](C)C(=O)N[C@@H](Cc2ccccc2)C(=O)O)c(C)c1. The maximum absolute atomic E-state index is 12.6. The van der Waals surface area contributed by atoms with E-state index in [-0.39, 0.29) is 25.7 Å². The maximum atomic E-state index is 12.6. The summed E-state index contributed by atoms with van der Waals surface area (Å²) in [6.45, 7) is 5.65. The predicted molar refractivity (Wildman–Crippen MR) is 132 cm³/mol. The van der Waals surface area contributed by atoms with Crippen LogP contribution in [0, 0.1) is 19.8 Å². The fourth-order valence-corrected chi connectivity index (χ4v) is 3.64. The minimum absolute atomic E-state index is 0.0395. The molecule has 190 valence electrons. The average molecular weight is 486 g/mol. The van der Waals surface area contributed by atoms with E-state index in [9.17, 15) is 19.5 Å². The van der Waals surface area contributed by atoms with E-state index in [1.54, 1.807) is 26.2 Å². The van der Waals surface area contributed by atoms with Crippen molar-refractivity contribution in [2.45, 2.75) is 45.7 Å².